The van der Waals surface area contributed by atoms with Crippen LogP contribution in [0.1, 0.15) is 50.1 Å². The van der Waals surface area contributed by atoms with Gasteiger partial charge in [-0.1, -0.05) is 59.6 Å². The first-order chi connectivity index (χ1) is 18.7. The largest absolute Gasteiger partial charge is 0.490 e. The Kier molecular flexibility index (Phi) is 8.98. The van der Waals surface area contributed by atoms with Crippen molar-refractivity contribution in [3.05, 3.63) is 102 Å². The van der Waals surface area contributed by atoms with E-state index in [1.54, 1.807) is 49.4 Å². The van der Waals surface area contributed by atoms with Crippen LogP contribution in [0.3, 0.4) is 0 Å². The Balaban J connectivity index is 1.79. The number of aromatic nitrogens is 2. The van der Waals surface area contributed by atoms with E-state index >= 15 is 0 Å². The van der Waals surface area contributed by atoms with Crippen molar-refractivity contribution in [3.63, 3.8) is 0 Å². The van der Waals surface area contributed by atoms with Crippen LogP contribution in [-0.4, -0.2) is 27.4 Å². The topological polar surface area (TPSA) is 109 Å². The predicted octanol–water partition coefficient (Wildman–Crippen LogP) is 7.09. The van der Waals surface area contributed by atoms with Gasteiger partial charge in [0.2, 0.25) is 5.75 Å². The predicted molar refractivity (Wildman–Crippen MR) is 155 cm³/mol. The quantitative estimate of drug-likeness (QED) is 0.107. The van der Waals surface area contributed by atoms with E-state index in [1.165, 1.54) is 17.0 Å². The van der Waals surface area contributed by atoms with Crippen LogP contribution in [0.4, 0.5) is 5.69 Å². The van der Waals surface area contributed by atoms with Gasteiger partial charge in [-0.2, -0.15) is 9.78 Å². The SMILES string of the molecule is CCOc1cc(C=Nn2c([C@H](C)CC)nc3ccc(Br)cc3c2=O)cc([N+](=O)[O-])c1OCc1ccccc1Cl. The molecule has 0 aliphatic carbocycles. The van der Waals surface area contributed by atoms with Gasteiger partial charge in [0.25, 0.3) is 5.56 Å². The minimum absolute atomic E-state index is 0.0139. The van der Waals surface area contributed by atoms with Crippen LogP contribution in [0, 0.1) is 10.1 Å². The van der Waals surface area contributed by atoms with Crippen molar-refractivity contribution < 1.29 is 14.4 Å². The lowest BCUT2D eigenvalue weighted by molar-refractivity contribution is -0.386. The maximum Gasteiger partial charge on any atom is 0.315 e. The lowest BCUT2D eigenvalue weighted by atomic mass is 10.1. The number of benzene rings is 3. The summed E-state index contributed by atoms with van der Waals surface area (Å²) in [5.74, 6) is 0.591. The highest BCUT2D eigenvalue weighted by molar-refractivity contribution is 9.10. The number of nitrogens with zero attached hydrogens (tertiary/aromatic N) is 4. The number of hydrogen-bond donors (Lipinski definition) is 0. The van der Waals surface area contributed by atoms with Gasteiger partial charge < -0.3 is 9.47 Å². The fourth-order valence-electron chi connectivity index (χ4n) is 3.90. The van der Waals surface area contributed by atoms with Gasteiger partial charge in [-0.15, -0.1) is 0 Å². The number of nitro groups is 1. The molecule has 0 amide bonds. The number of rotatable bonds is 10. The van der Waals surface area contributed by atoms with E-state index in [-0.39, 0.29) is 41.9 Å². The molecule has 0 unspecified atom stereocenters. The smallest absolute Gasteiger partial charge is 0.315 e. The van der Waals surface area contributed by atoms with E-state index < -0.39 is 4.92 Å². The van der Waals surface area contributed by atoms with Gasteiger partial charge in [-0.25, -0.2) is 4.98 Å². The first-order valence-electron chi connectivity index (χ1n) is 12.3. The normalized spacial score (nSPS) is 12.1. The van der Waals surface area contributed by atoms with Crippen LogP contribution in [0.15, 0.2) is 69.0 Å². The van der Waals surface area contributed by atoms with Crippen molar-refractivity contribution in [1.29, 1.82) is 0 Å². The highest BCUT2D eigenvalue weighted by Crippen LogP contribution is 2.39. The highest BCUT2D eigenvalue weighted by Gasteiger charge is 2.23. The monoisotopic (exact) mass is 612 g/mol. The molecule has 11 heteroatoms. The van der Waals surface area contributed by atoms with E-state index in [9.17, 15) is 14.9 Å². The summed E-state index contributed by atoms with van der Waals surface area (Å²) >= 11 is 9.62. The molecule has 0 saturated carbocycles. The number of halogens is 2. The van der Waals surface area contributed by atoms with Crippen molar-refractivity contribution in [3.8, 4) is 11.5 Å². The lowest BCUT2D eigenvalue weighted by Crippen LogP contribution is -2.23. The lowest BCUT2D eigenvalue weighted by Gasteiger charge is -2.15. The summed E-state index contributed by atoms with van der Waals surface area (Å²) < 4.78 is 13.5. The zero-order chi connectivity index (χ0) is 28.1. The summed E-state index contributed by atoms with van der Waals surface area (Å²) in [4.78, 5) is 29.6. The summed E-state index contributed by atoms with van der Waals surface area (Å²) in [6, 6.07) is 15.3. The molecular weight excluding hydrogens is 588 g/mol. The second-order valence-electron chi connectivity index (χ2n) is 8.74. The number of nitro benzene ring substituents is 1. The van der Waals surface area contributed by atoms with Crippen molar-refractivity contribution in [2.75, 3.05) is 6.61 Å². The minimum Gasteiger partial charge on any atom is -0.490 e. The molecule has 0 N–H and O–H groups in total. The number of hydrogen-bond acceptors (Lipinski definition) is 7. The molecule has 9 nitrogen and oxygen atoms in total. The number of ether oxygens (including phenoxy) is 2. The van der Waals surface area contributed by atoms with E-state index in [0.717, 1.165) is 10.9 Å². The Bertz CT molecular complexity index is 1620. The van der Waals surface area contributed by atoms with Gasteiger partial charge in [-0.05, 0) is 43.7 Å². The van der Waals surface area contributed by atoms with Crippen molar-refractivity contribution in [1.82, 2.24) is 9.66 Å². The average Bonchev–Trinajstić information content (AvgIpc) is 2.92. The van der Waals surface area contributed by atoms with E-state index in [0.29, 0.717) is 32.9 Å². The maximum atomic E-state index is 13.4. The van der Waals surface area contributed by atoms with E-state index in [4.69, 9.17) is 26.1 Å². The summed E-state index contributed by atoms with van der Waals surface area (Å²) in [6.45, 7) is 5.99. The van der Waals surface area contributed by atoms with Crippen LogP contribution in [-0.2, 0) is 6.61 Å². The molecule has 4 aromatic rings. The van der Waals surface area contributed by atoms with Crippen molar-refractivity contribution in [2.45, 2.75) is 39.7 Å². The van der Waals surface area contributed by atoms with Gasteiger partial charge in [-0.3, -0.25) is 14.9 Å². The second kappa shape index (κ2) is 12.4. The zero-order valence-electron chi connectivity index (χ0n) is 21.6. The minimum atomic E-state index is -0.548. The van der Waals surface area contributed by atoms with Crippen LogP contribution in [0.2, 0.25) is 5.02 Å². The maximum absolute atomic E-state index is 13.4. The molecule has 0 aliphatic rings. The molecule has 0 radical (unpaired) electrons. The molecule has 1 aromatic heterocycles. The Hall–Kier alpha value is -3.76. The Morgan fingerprint density at radius 3 is 2.64 bits per heavy atom. The molecule has 1 atom stereocenters. The summed E-state index contributed by atoms with van der Waals surface area (Å²) in [5.41, 5.74) is 0.955. The molecular formula is C28H26BrClN4O5. The zero-order valence-corrected chi connectivity index (χ0v) is 23.9. The third kappa shape index (κ3) is 6.29. The summed E-state index contributed by atoms with van der Waals surface area (Å²) in [6.07, 6.45) is 2.12. The van der Waals surface area contributed by atoms with Crippen LogP contribution >= 0.6 is 27.5 Å². The molecule has 4 rings (SSSR count). The molecule has 0 fully saturated rings. The Labute approximate surface area is 238 Å². The summed E-state index contributed by atoms with van der Waals surface area (Å²) in [7, 11) is 0. The van der Waals surface area contributed by atoms with Crippen LogP contribution in [0.5, 0.6) is 11.5 Å². The van der Waals surface area contributed by atoms with Crippen molar-refractivity contribution >= 4 is 50.3 Å². The third-order valence-corrected chi connectivity index (χ3v) is 6.95. The van der Waals surface area contributed by atoms with E-state index in [1.807, 2.05) is 19.9 Å². The first-order valence-corrected chi connectivity index (χ1v) is 13.5. The molecule has 3 aromatic carbocycles. The van der Waals surface area contributed by atoms with Crippen LogP contribution in [0.25, 0.3) is 10.9 Å². The molecule has 0 spiro atoms. The number of fused-ring (bicyclic) bond motifs is 1. The molecule has 0 saturated heterocycles. The Morgan fingerprint density at radius 2 is 1.95 bits per heavy atom. The second-order valence-corrected chi connectivity index (χ2v) is 10.1. The standard InChI is InChI=1S/C28H26BrClN4O5/c1-4-17(3)27-32-23-11-10-20(29)14-21(23)28(35)33(27)31-15-18-12-24(34(36)37)26(25(13-18)38-5-2)39-16-19-8-6-7-9-22(19)30/h6-15,17H,4-5,16H2,1-3H3/t17-/m1/s1. The Morgan fingerprint density at radius 1 is 1.18 bits per heavy atom. The molecule has 39 heavy (non-hydrogen) atoms. The molecule has 0 bridgehead atoms. The molecule has 202 valence electrons. The fourth-order valence-corrected chi connectivity index (χ4v) is 4.45. The highest BCUT2D eigenvalue weighted by atomic mass is 79.9. The van der Waals surface area contributed by atoms with Gasteiger partial charge in [0.1, 0.15) is 12.4 Å². The average molecular weight is 614 g/mol. The third-order valence-electron chi connectivity index (χ3n) is 6.09. The molecule has 1 heterocycles. The first kappa shape index (κ1) is 28.3. The van der Waals surface area contributed by atoms with Gasteiger partial charge >= 0.3 is 5.69 Å². The molecule has 0 aliphatic heterocycles. The fraction of sp³-hybridized carbons (Fsp3) is 0.250. The summed E-state index contributed by atoms with van der Waals surface area (Å²) in [5, 5.41) is 17.3. The van der Waals surface area contributed by atoms with Crippen LogP contribution < -0.4 is 15.0 Å². The van der Waals surface area contributed by atoms with E-state index in [2.05, 4.69) is 21.0 Å². The van der Waals surface area contributed by atoms with Gasteiger partial charge in [0.05, 0.1) is 28.6 Å². The van der Waals surface area contributed by atoms with Crippen molar-refractivity contribution in [2.24, 2.45) is 5.10 Å². The van der Waals surface area contributed by atoms with Gasteiger partial charge in [0.15, 0.2) is 5.75 Å². The van der Waals surface area contributed by atoms with Gasteiger partial charge in [0, 0.05) is 32.6 Å².